The zero-order chi connectivity index (χ0) is 15.7. The van der Waals surface area contributed by atoms with E-state index in [-0.39, 0.29) is 11.1 Å². The first kappa shape index (κ1) is 15.2. The molecule has 0 radical (unpaired) electrons. The second kappa shape index (κ2) is 5.82. The average Bonchev–Trinajstić information content (AvgIpc) is 3.17. The summed E-state index contributed by atoms with van der Waals surface area (Å²) in [5.41, 5.74) is 0. The number of hydrogen-bond donors (Lipinski definition) is 1. The van der Waals surface area contributed by atoms with E-state index >= 15 is 0 Å². The highest BCUT2D eigenvalue weighted by Gasteiger charge is 2.36. The van der Waals surface area contributed by atoms with Gasteiger partial charge in [0.05, 0.1) is 12.2 Å². The summed E-state index contributed by atoms with van der Waals surface area (Å²) in [5, 5.41) is 4.18. The van der Waals surface area contributed by atoms with Crippen molar-refractivity contribution in [1.29, 1.82) is 0 Å². The molecule has 1 saturated heterocycles. The highest BCUT2D eigenvalue weighted by Crippen LogP contribution is 2.26. The number of rotatable bonds is 4. The van der Waals surface area contributed by atoms with Gasteiger partial charge in [0.15, 0.2) is 5.03 Å². The zero-order valence-electron chi connectivity index (χ0n) is 12.7. The maximum Gasteiger partial charge on any atom is 0.260 e. The highest BCUT2D eigenvalue weighted by atomic mass is 32.2. The van der Waals surface area contributed by atoms with Crippen molar-refractivity contribution in [3.05, 3.63) is 30.5 Å². The number of aromatic nitrogens is 4. The van der Waals surface area contributed by atoms with Crippen LogP contribution in [0.2, 0.25) is 0 Å². The molecule has 0 amide bonds. The Kier molecular flexibility index (Phi) is 4.02. The lowest BCUT2D eigenvalue weighted by Gasteiger charge is -2.39. The molecule has 0 aromatic carbocycles. The molecule has 22 heavy (non-hydrogen) atoms. The van der Waals surface area contributed by atoms with Gasteiger partial charge < -0.3 is 4.98 Å². The molecule has 1 aliphatic heterocycles. The largest absolute Gasteiger partial charge is 0.347 e. The van der Waals surface area contributed by atoms with Gasteiger partial charge >= 0.3 is 0 Å². The minimum absolute atomic E-state index is 0.0586. The zero-order valence-corrected chi connectivity index (χ0v) is 13.5. The van der Waals surface area contributed by atoms with E-state index in [2.05, 4.69) is 26.9 Å². The molecule has 0 aliphatic carbocycles. The van der Waals surface area contributed by atoms with Crippen LogP contribution >= 0.6 is 0 Å². The average molecular weight is 324 g/mol. The molecule has 8 nitrogen and oxygen atoms in total. The van der Waals surface area contributed by atoms with E-state index in [0.29, 0.717) is 19.6 Å². The first-order valence-electron chi connectivity index (χ1n) is 7.25. The molecule has 1 fully saturated rings. The SMILES string of the molecule is CCN1CCN(S(=O)(=O)c2ccnn2C)CC1c1ncc[nH]1. The number of imidazole rings is 1. The molecule has 3 heterocycles. The van der Waals surface area contributed by atoms with Crippen molar-refractivity contribution in [2.24, 2.45) is 7.05 Å². The summed E-state index contributed by atoms with van der Waals surface area (Å²) >= 11 is 0. The van der Waals surface area contributed by atoms with Crippen LogP contribution in [-0.2, 0) is 17.1 Å². The van der Waals surface area contributed by atoms with Crippen LogP contribution in [0.15, 0.2) is 29.7 Å². The van der Waals surface area contributed by atoms with Crippen LogP contribution in [0.4, 0.5) is 0 Å². The molecule has 120 valence electrons. The molecule has 1 aliphatic rings. The third kappa shape index (κ3) is 2.55. The predicted octanol–water partition coefficient (Wildman–Crippen LogP) is 0.211. The molecule has 0 bridgehead atoms. The van der Waals surface area contributed by atoms with E-state index in [0.717, 1.165) is 12.4 Å². The molecule has 0 spiro atoms. The first-order chi connectivity index (χ1) is 10.5. The number of H-pyrrole nitrogens is 1. The van der Waals surface area contributed by atoms with Gasteiger partial charge in [-0.05, 0) is 12.6 Å². The van der Waals surface area contributed by atoms with Gasteiger partial charge in [-0.1, -0.05) is 6.92 Å². The molecule has 0 saturated carbocycles. The van der Waals surface area contributed by atoms with E-state index < -0.39 is 10.0 Å². The van der Waals surface area contributed by atoms with Crippen LogP contribution in [0.3, 0.4) is 0 Å². The van der Waals surface area contributed by atoms with Gasteiger partial charge in [0.2, 0.25) is 0 Å². The predicted molar refractivity (Wildman–Crippen MR) is 80.5 cm³/mol. The van der Waals surface area contributed by atoms with E-state index in [9.17, 15) is 8.42 Å². The quantitative estimate of drug-likeness (QED) is 0.869. The van der Waals surface area contributed by atoms with Crippen molar-refractivity contribution in [2.45, 2.75) is 18.0 Å². The Labute approximate surface area is 129 Å². The summed E-state index contributed by atoms with van der Waals surface area (Å²) in [7, 11) is -1.90. The summed E-state index contributed by atoms with van der Waals surface area (Å²) in [5.74, 6) is 0.798. The molecule has 2 aromatic heterocycles. The monoisotopic (exact) mass is 324 g/mol. The molecule has 2 aromatic rings. The number of nitrogens with one attached hydrogen (secondary N) is 1. The van der Waals surface area contributed by atoms with Crippen molar-refractivity contribution < 1.29 is 8.42 Å². The Morgan fingerprint density at radius 3 is 2.77 bits per heavy atom. The molecular formula is C13H20N6O2S. The number of aryl methyl sites for hydroxylation is 1. The molecule has 9 heteroatoms. The molecule has 1 atom stereocenters. The first-order valence-corrected chi connectivity index (χ1v) is 8.69. The summed E-state index contributed by atoms with van der Waals surface area (Å²) in [6.07, 6.45) is 4.95. The van der Waals surface area contributed by atoms with Crippen molar-refractivity contribution in [3.8, 4) is 0 Å². The number of likely N-dealkylation sites (N-methyl/N-ethyl adjacent to an activating group) is 1. The van der Waals surface area contributed by atoms with E-state index in [4.69, 9.17) is 0 Å². The Bertz CT molecular complexity index is 724. The molecule has 3 rings (SSSR count). The van der Waals surface area contributed by atoms with Gasteiger partial charge in [0, 0.05) is 39.1 Å². The van der Waals surface area contributed by atoms with E-state index in [1.54, 1.807) is 19.4 Å². The van der Waals surface area contributed by atoms with Gasteiger partial charge in [-0.2, -0.15) is 9.40 Å². The van der Waals surface area contributed by atoms with E-state index in [1.165, 1.54) is 21.3 Å². The van der Waals surface area contributed by atoms with E-state index in [1.807, 2.05) is 0 Å². The molecule has 1 unspecified atom stereocenters. The van der Waals surface area contributed by atoms with Crippen LogP contribution in [0.1, 0.15) is 18.8 Å². The van der Waals surface area contributed by atoms with Crippen molar-refractivity contribution in [3.63, 3.8) is 0 Å². The minimum Gasteiger partial charge on any atom is -0.347 e. The summed E-state index contributed by atoms with van der Waals surface area (Å²) in [6.45, 7) is 4.46. The number of nitrogens with zero attached hydrogens (tertiary/aromatic N) is 5. The van der Waals surface area contributed by atoms with Gasteiger partial charge in [-0.25, -0.2) is 13.4 Å². The minimum atomic E-state index is -3.54. The molecule has 1 N–H and O–H groups in total. The fourth-order valence-corrected chi connectivity index (χ4v) is 4.40. The highest BCUT2D eigenvalue weighted by molar-refractivity contribution is 7.89. The maximum absolute atomic E-state index is 12.8. The maximum atomic E-state index is 12.8. The molecular weight excluding hydrogens is 304 g/mol. The summed E-state index contributed by atoms with van der Waals surface area (Å²) in [6, 6.07) is 1.47. The van der Waals surface area contributed by atoms with Crippen molar-refractivity contribution >= 4 is 10.0 Å². The van der Waals surface area contributed by atoms with Crippen LogP contribution in [-0.4, -0.2) is 63.6 Å². The van der Waals surface area contributed by atoms with Gasteiger partial charge in [0.1, 0.15) is 5.82 Å². The van der Waals surface area contributed by atoms with Crippen molar-refractivity contribution in [1.82, 2.24) is 29.0 Å². The lowest BCUT2D eigenvalue weighted by Crippen LogP contribution is -2.50. The number of sulfonamides is 1. The fourth-order valence-electron chi connectivity index (χ4n) is 2.86. The fraction of sp³-hybridized carbons (Fsp3) is 0.538. The van der Waals surface area contributed by atoms with Crippen molar-refractivity contribution in [2.75, 3.05) is 26.2 Å². The Balaban J connectivity index is 1.89. The van der Waals surface area contributed by atoms with Gasteiger partial charge in [0.25, 0.3) is 10.0 Å². The second-order valence-corrected chi connectivity index (χ2v) is 7.16. The van der Waals surface area contributed by atoms with Crippen LogP contribution in [0.25, 0.3) is 0 Å². The van der Waals surface area contributed by atoms with Crippen LogP contribution in [0.5, 0.6) is 0 Å². The smallest absolute Gasteiger partial charge is 0.260 e. The normalized spacial score (nSPS) is 21.3. The number of aromatic amines is 1. The Morgan fingerprint density at radius 2 is 2.18 bits per heavy atom. The van der Waals surface area contributed by atoms with Crippen LogP contribution < -0.4 is 0 Å². The second-order valence-electron chi connectivity index (χ2n) is 5.27. The van der Waals surface area contributed by atoms with Gasteiger partial charge in [-0.15, -0.1) is 0 Å². The lowest BCUT2D eigenvalue weighted by atomic mass is 10.2. The topological polar surface area (TPSA) is 87.1 Å². The third-order valence-corrected chi connectivity index (χ3v) is 6.02. The standard InChI is InChI=1S/C13H20N6O2S/c1-3-18-8-9-19(10-11(18)13-14-6-7-15-13)22(20,21)12-4-5-16-17(12)2/h4-7,11H,3,8-10H2,1-2H3,(H,14,15). The Morgan fingerprint density at radius 1 is 1.36 bits per heavy atom. The Hall–Kier alpha value is -1.71. The van der Waals surface area contributed by atoms with Crippen LogP contribution in [0, 0.1) is 0 Å². The number of piperazine rings is 1. The summed E-state index contributed by atoms with van der Waals surface area (Å²) < 4.78 is 28.5. The lowest BCUT2D eigenvalue weighted by molar-refractivity contribution is 0.119. The number of hydrogen-bond acceptors (Lipinski definition) is 5. The third-order valence-electron chi connectivity index (χ3n) is 4.08. The van der Waals surface area contributed by atoms with Gasteiger partial charge in [-0.3, -0.25) is 9.58 Å². The summed E-state index contributed by atoms with van der Waals surface area (Å²) in [4.78, 5) is 9.63.